The van der Waals surface area contributed by atoms with E-state index in [0.717, 1.165) is 96.3 Å². The molecule has 37 nitrogen and oxygen atoms in total. The van der Waals surface area contributed by atoms with Gasteiger partial charge in [-0.05, 0) is 218 Å². The van der Waals surface area contributed by atoms with Crippen molar-refractivity contribution in [1.29, 1.82) is 0 Å². The van der Waals surface area contributed by atoms with Gasteiger partial charge in [0.1, 0.15) is 146 Å². The summed E-state index contributed by atoms with van der Waals surface area (Å²) >= 11 is 0. The summed E-state index contributed by atoms with van der Waals surface area (Å²) in [5.41, 5.74) is -0.815. The van der Waals surface area contributed by atoms with Crippen LogP contribution in [0.25, 0.3) is 0 Å². The number of fused-ring (bicyclic) bond motifs is 14. The SMILES string of the molecule is CC1(C)CC[C@]2(C(=O)O)CC[C@]3(C)C(=CC[C@@H]4[C@@]5(C)CC[C@H](O[C@@H]6OC[C@H](O)[C@H](O[C@@H]7O[C@H](CO)[C@@H](O)[C@H](O)[C@H]7O)[C@H]6O[C@@H]6OC[C@@H](O)[C@H](O)[C@H]6O)C(C)(C)[C@@H]5CC[C@]43C)[C@@H]2C1.CC1(C)CC[C@]2(C(=O)O[C@@H]3O[C@H](CO)[C@@H](O)[C@H](O)[C@H]3O)CC[C@]3(C)C(=CC[C@@H]4[C@@]5(C)CC[C@H](O[C@@H]6OC[C@H](O)[C@H](O[C@@H]7O[C@H](CO)[C@@H](O)[C@H](O)[C@H]7O)[C@H]6O[C@@H]6OC[C@@H](O)[C@H](O)[C@H]6O)C(C)(C)[C@@H]5CC[C@]43C)[C@@H]2C1. The van der Waals surface area contributed by atoms with Gasteiger partial charge in [0.15, 0.2) is 37.7 Å². The second-order valence-electron chi connectivity index (χ2n) is 48.0. The molecule has 135 heavy (non-hydrogen) atoms. The van der Waals surface area contributed by atoms with Gasteiger partial charge in [0.2, 0.25) is 6.29 Å². The molecule has 0 unspecified atom stereocenters. The van der Waals surface area contributed by atoms with Crippen LogP contribution in [0.2, 0.25) is 0 Å². The van der Waals surface area contributed by atoms with E-state index >= 15 is 0 Å². The van der Waals surface area contributed by atoms with E-state index in [2.05, 4.69) is 109 Å². The molecular formula is C98H158O37. The molecule has 7 aliphatic heterocycles. The van der Waals surface area contributed by atoms with E-state index in [1.165, 1.54) is 11.1 Å². The fourth-order valence-corrected chi connectivity index (χ4v) is 30.5. The first kappa shape index (κ1) is 105. The van der Waals surface area contributed by atoms with Crippen molar-refractivity contribution in [2.45, 2.75) is 428 Å². The summed E-state index contributed by atoms with van der Waals surface area (Å²) < 4.78 is 85.3. The average molecular weight is 1930 g/mol. The zero-order valence-corrected chi connectivity index (χ0v) is 80.7. The van der Waals surface area contributed by atoms with E-state index in [-0.39, 0.29) is 92.7 Å². The van der Waals surface area contributed by atoms with Gasteiger partial charge in [-0.2, -0.15) is 0 Å². The maximum Gasteiger partial charge on any atom is 0.315 e. The topological polar surface area (TPSA) is 588 Å². The van der Waals surface area contributed by atoms with Crippen molar-refractivity contribution in [3.05, 3.63) is 23.3 Å². The highest BCUT2D eigenvalue weighted by Gasteiger charge is 2.74. The maximum atomic E-state index is 14.8. The van der Waals surface area contributed by atoms with Gasteiger partial charge in [0, 0.05) is 0 Å². The van der Waals surface area contributed by atoms with Crippen LogP contribution in [0.5, 0.6) is 0 Å². The van der Waals surface area contributed by atoms with Crippen molar-refractivity contribution in [3.8, 4) is 0 Å². The molecule has 0 aromatic heterocycles. The highest BCUT2D eigenvalue weighted by atomic mass is 16.8. The third kappa shape index (κ3) is 17.5. The Balaban J connectivity index is 0.000000199. The Morgan fingerprint density at radius 3 is 1.04 bits per heavy atom. The summed E-state index contributed by atoms with van der Waals surface area (Å²) in [5.74, 6) is -0.350. The van der Waals surface area contributed by atoms with Crippen LogP contribution < -0.4 is 0 Å². The number of aliphatic hydroxyl groups excluding tert-OH is 20. The number of allylic oxidation sites excluding steroid dienone is 4. The zero-order chi connectivity index (χ0) is 98.2. The molecule has 0 aromatic rings. The molecule has 772 valence electrons. The number of carbonyl (C=O) groups is 2. The minimum atomic E-state index is -1.83. The molecular weight excluding hydrogens is 1770 g/mol. The minimum absolute atomic E-state index is 0.0255. The van der Waals surface area contributed by atoms with E-state index in [1.807, 2.05) is 0 Å². The number of carbonyl (C=O) groups excluding carboxylic acids is 1. The Kier molecular flexibility index (Phi) is 29.7. The fraction of sp³-hybridized carbons (Fsp3) is 0.939. The molecule has 0 aromatic carbocycles. The third-order valence-electron chi connectivity index (χ3n) is 39.2. The first-order valence-corrected chi connectivity index (χ1v) is 49.8. The highest BCUT2D eigenvalue weighted by molar-refractivity contribution is 5.79. The lowest BCUT2D eigenvalue weighted by atomic mass is 9.33. The third-order valence-corrected chi connectivity index (χ3v) is 39.2. The molecule has 0 bridgehead atoms. The molecule has 17 aliphatic rings. The summed E-state index contributed by atoms with van der Waals surface area (Å²) in [7, 11) is 0. The van der Waals surface area contributed by atoms with Crippen LogP contribution in [-0.2, 0) is 75.9 Å². The second kappa shape index (κ2) is 38.2. The van der Waals surface area contributed by atoms with E-state index in [0.29, 0.717) is 38.0 Å². The lowest BCUT2D eigenvalue weighted by Crippen LogP contribution is -2.67. The van der Waals surface area contributed by atoms with Crippen molar-refractivity contribution < 1.29 is 183 Å². The number of aliphatic hydroxyl groups is 20. The summed E-state index contributed by atoms with van der Waals surface area (Å²) in [4.78, 5) is 27.9. The standard InChI is InChI=1S/C52H84O21.C46H74O16/c1-47(2)14-16-52(46(65)73-44-39(64)36(61)34(59)28(20-54)69-44)17-15-50(6)23(24(52)18-47)8-9-30-49(5)12-11-31(48(3,4)29(49)10-13-51(30,50)7)70-45-41(72-42-37(62)32(57)25(55)21-66-42)40(26(56)22-67-45)71-43-38(63)35(60)33(58)27(19-53)68-43;1-41(2)14-16-46(40(55)56)17-15-44(6)22(23(46)18-41)8-9-28-43(5)12-11-29(42(3,4)27(43)10-13-45(28,44)7)60-39-36(62-37-33(53)30(50)24(48)20-57-37)35(25(49)21-58-39)61-38-34(54)32(52)31(51)26(19-47)59-38/h8,24-45,53-64H,9-22H2,1-7H3;8,23-39,47-54H,9-21H2,1-7H3,(H,55,56)/t24-,25+,26-,27+,28+,29-,30+,31-,32-,33+,34+,35-,36-,37+,38+,39+,40-,41+,42-,43-,44-,45-,49-,50+,51+,52-;23-,24+,25-,26+,27-,28+,29-,30-,31+,32-,33+,34+,35-,36+,37-,38-,39-,43-,44+,45+,46-/m00/s1. The number of rotatable bonds is 18. The van der Waals surface area contributed by atoms with Crippen LogP contribution in [0.4, 0.5) is 0 Å². The Hall–Kier alpha value is -2.90. The molecule has 7 heterocycles. The van der Waals surface area contributed by atoms with Gasteiger partial charge in [-0.25, -0.2) is 0 Å². The second-order valence-corrected chi connectivity index (χ2v) is 48.0. The van der Waals surface area contributed by atoms with Crippen molar-refractivity contribution in [1.82, 2.24) is 0 Å². The molecule has 0 amide bonds. The van der Waals surface area contributed by atoms with Crippen molar-refractivity contribution in [2.24, 2.45) is 100 Å². The quantitative estimate of drug-likeness (QED) is 0.0521. The summed E-state index contributed by atoms with van der Waals surface area (Å²) in [6, 6.07) is 0. The zero-order valence-electron chi connectivity index (χ0n) is 80.7. The van der Waals surface area contributed by atoms with E-state index in [1.54, 1.807) is 0 Å². The molecule has 47 atom stereocenters. The van der Waals surface area contributed by atoms with Crippen molar-refractivity contribution in [3.63, 3.8) is 0 Å². The monoisotopic (exact) mass is 1930 g/mol. The number of hydrogen-bond donors (Lipinski definition) is 21. The smallest absolute Gasteiger partial charge is 0.315 e. The number of hydrogen-bond acceptors (Lipinski definition) is 36. The molecule has 37 heteroatoms. The van der Waals surface area contributed by atoms with Gasteiger partial charge < -0.3 is 174 Å². The maximum absolute atomic E-state index is 14.8. The van der Waals surface area contributed by atoms with Crippen LogP contribution in [0.15, 0.2) is 23.3 Å². The summed E-state index contributed by atoms with van der Waals surface area (Å²) in [5, 5.41) is 222. The largest absolute Gasteiger partial charge is 0.481 e. The van der Waals surface area contributed by atoms with Crippen LogP contribution in [0, 0.1) is 100 Å². The molecule has 7 saturated heterocycles. The fourth-order valence-electron chi connectivity index (χ4n) is 30.5. The molecule has 8 saturated carbocycles. The number of carboxylic acid groups (broad SMARTS) is 1. The molecule has 15 fully saturated rings. The Morgan fingerprint density at radius 2 is 0.659 bits per heavy atom. The predicted molar refractivity (Wildman–Crippen MR) is 469 cm³/mol. The molecule has 21 N–H and O–H groups in total. The van der Waals surface area contributed by atoms with E-state index < -0.39 is 263 Å². The Labute approximate surface area is 789 Å². The average Bonchev–Trinajstić information content (AvgIpc) is 0.676. The number of carboxylic acids is 1. The van der Waals surface area contributed by atoms with Gasteiger partial charge in [-0.1, -0.05) is 120 Å². The summed E-state index contributed by atoms with van der Waals surface area (Å²) in [6.07, 6.45) is -28.2. The van der Waals surface area contributed by atoms with E-state index in [4.69, 9.17) is 66.3 Å². The van der Waals surface area contributed by atoms with Gasteiger partial charge in [0.05, 0.1) is 69.3 Å². The molecule has 17 rings (SSSR count). The highest BCUT2D eigenvalue weighted by Crippen LogP contribution is 2.79. The van der Waals surface area contributed by atoms with Gasteiger partial charge >= 0.3 is 11.9 Å². The molecule has 0 radical (unpaired) electrons. The van der Waals surface area contributed by atoms with Crippen LogP contribution in [0.1, 0.15) is 225 Å². The molecule has 0 spiro atoms. The number of aliphatic carboxylic acids is 1. The number of ether oxygens (including phenoxy) is 14. The first-order chi connectivity index (χ1) is 63.1. The van der Waals surface area contributed by atoms with Crippen molar-refractivity contribution in [2.75, 3.05) is 46.2 Å². The summed E-state index contributed by atoms with van der Waals surface area (Å²) in [6.45, 7) is 29.0. The van der Waals surface area contributed by atoms with Crippen LogP contribution in [0.3, 0.4) is 0 Å². The Morgan fingerprint density at radius 1 is 0.333 bits per heavy atom. The van der Waals surface area contributed by atoms with Crippen LogP contribution >= 0.6 is 0 Å². The first-order valence-electron chi connectivity index (χ1n) is 49.8. The van der Waals surface area contributed by atoms with E-state index in [9.17, 15) is 117 Å². The molecule has 10 aliphatic carbocycles. The van der Waals surface area contributed by atoms with Gasteiger partial charge in [-0.15, -0.1) is 0 Å². The van der Waals surface area contributed by atoms with Gasteiger partial charge in [0.25, 0.3) is 0 Å². The normalized spacial score (nSPS) is 53.6. The lowest BCUT2D eigenvalue weighted by Gasteiger charge is -2.71. The number of esters is 1. The minimum Gasteiger partial charge on any atom is -0.481 e. The van der Waals surface area contributed by atoms with Gasteiger partial charge in [-0.3, -0.25) is 9.59 Å². The van der Waals surface area contributed by atoms with Crippen LogP contribution in [-0.4, -0.2) is 368 Å². The predicted octanol–water partition coefficient (Wildman–Crippen LogP) is 1.23. The Bertz CT molecular complexity index is 4210. The van der Waals surface area contributed by atoms with Crippen molar-refractivity contribution >= 4 is 11.9 Å². The lowest BCUT2D eigenvalue weighted by molar-refractivity contribution is -0.384.